The van der Waals surface area contributed by atoms with Crippen LogP contribution in [0.4, 0.5) is 5.82 Å². The third kappa shape index (κ3) is 3.58. The number of pyridine rings is 1. The van der Waals surface area contributed by atoms with Crippen molar-refractivity contribution >= 4 is 11.9 Å². The fourth-order valence-electron chi connectivity index (χ4n) is 3.13. The van der Waals surface area contributed by atoms with Crippen molar-refractivity contribution in [1.82, 2.24) is 25.0 Å². The maximum Gasteiger partial charge on any atom is 0.154 e. The van der Waals surface area contributed by atoms with Crippen LogP contribution >= 0.6 is 0 Å². The Hall–Kier alpha value is -4.00. The topological polar surface area (TPSA) is 103 Å². The Kier molecular flexibility index (Phi) is 4.78. The Labute approximate surface area is 168 Å². The van der Waals surface area contributed by atoms with Gasteiger partial charge in [-0.15, -0.1) is 10.2 Å². The number of benzene rings is 1. The number of phenolic OH excluding ortho intramolecular Hbond substituents is 1. The Morgan fingerprint density at radius 3 is 2.76 bits per heavy atom. The van der Waals surface area contributed by atoms with Crippen LogP contribution in [-0.4, -0.2) is 30.1 Å². The van der Waals surface area contributed by atoms with Gasteiger partial charge in [-0.3, -0.25) is 9.67 Å². The van der Waals surface area contributed by atoms with Gasteiger partial charge in [0.1, 0.15) is 5.75 Å². The standard InChI is InChI=1S/C22H20N6O/c1-3-17-10-15(8-9-24-17)14(2)28-13-16(12-25-28)19-11-20(26-27-22(19)23)18-6-4-5-7-21(18)29/h3-14,29H,1H2,2H3,(H2,23,27). The molecular weight excluding hydrogens is 364 g/mol. The highest BCUT2D eigenvalue weighted by Gasteiger charge is 2.15. The molecule has 3 heterocycles. The molecule has 0 fully saturated rings. The second-order valence-corrected chi connectivity index (χ2v) is 6.65. The first kappa shape index (κ1) is 18.4. The third-order valence-corrected chi connectivity index (χ3v) is 4.81. The van der Waals surface area contributed by atoms with Crippen molar-refractivity contribution in [3.63, 3.8) is 0 Å². The van der Waals surface area contributed by atoms with Crippen molar-refractivity contribution in [3.05, 3.63) is 78.9 Å². The molecule has 0 spiro atoms. The zero-order valence-corrected chi connectivity index (χ0v) is 15.9. The van der Waals surface area contributed by atoms with E-state index in [1.54, 1.807) is 36.7 Å². The van der Waals surface area contributed by atoms with E-state index in [2.05, 4.69) is 33.8 Å². The van der Waals surface area contributed by atoms with Crippen LogP contribution in [0.1, 0.15) is 24.2 Å². The molecule has 3 aromatic heterocycles. The van der Waals surface area contributed by atoms with Gasteiger partial charge in [0.2, 0.25) is 0 Å². The zero-order valence-electron chi connectivity index (χ0n) is 15.9. The van der Waals surface area contributed by atoms with E-state index in [1.165, 1.54) is 0 Å². The summed E-state index contributed by atoms with van der Waals surface area (Å²) in [6, 6.07) is 12.7. The largest absolute Gasteiger partial charge is 0.507 e. The molecule has 0 aliphatic carbocycles. The summed E-state index contributed by atoms with van der Waals surface area (Å²) in [5, 5.41) is 22.8. The van der Waals surface area contributed by atoms with Gasteiger partial charge in [0.05, 0.1) is 23.6 Å². The summed E-state index contributed by atoms with van der Waals surface area (Å²) in [7, 11) is 0. The van der Waals surface area contributed by atoms with Crippen LogP contribution in [0.5, 0.6) is 5.75 Å². The lowest BCUT2D eigenvalue weighted by molar-refractivity contribution is 0.477. The van der Waals surface area contributed by atoms with E-state index in [4.69, 9.17) is 5.73 Å². The van der Waals surface area contributed by atoms with Crippen molar-refractivity contribution in [2.45, 2.75) is 13.0 Å². The maximum absolute atomic E-state index is 10.1. The molecular formula is C22H20N6O. The predicted octanol–water partition coefficient (Wildman–Crippen LogP) is 3.94. The van der Waals surface area contributed by atoms with Crippen molar-refractivity contribution in [2.24, 2.45) is 0 Å². The van der Waals surface area contributed by atoms with Crippen molar-refractivity contribution in [1.29, 1.82) is 0 Å². The molecule has 4 aromatic rings. The lowest BCUT2D eigenvalue weighted by atomic mass is 10.1. The average Bonchev–Trinajstić information content (AvgIpc) is 3.24. The maximum atomic E-state index is 10.1. The molecule has 0 bridgehead atoms. The van der Waals surface area contributed by atoms with E-state index in [0.717, 1.165) is 16.8 Å². The van der Waals surface area contributed by atoms with Gasteiger partial charge in [0, 0.05) is 29.1 Å². The van der Waals surface area contributed by atoms with Gasteiger partial charge in [-0.2, -0.15) is 5.10 Å². The molecule has 29 heavy (non-hydrogen) atoms. The molecule has 4 rings (SSSR count). The molecule has 3 N–H and O–H groups in total. The molecule has 0 radical (unpaired) electrons. The molecule has 144 valence electrons. The number of hydrogen-bond acceptors (Lipinski definition) is 6. The Morgan fingerprint density at radius 1 is 1.14 bits per heavy atom. The number of nitrogens with zero attached hydrogens (tertiary/aromatic N) is 5. The summed E-state index contributed by atoms with van der Waals surface area (Å²) in [6.07, 6.45) is 7.14. The molecule has 1 atom stereocenters. The monoisotopic (exact) mass is 384 g/mol. The number of anilines is 1. The molecule has 1 unspecified atom stereocenters. The van der Waals surface area contributed by atoms with Gasteiger partial charge in [-0.05, 0) is 48.9 Å². The van der Waals surface area contributed by atoms with Gasteiger partial charge in [0.15, 0.2) is 5.82 Å². The molecule has 0 amide bonds. The molecule has 0 saturated carbocycles. The van der Waals surface area contributed by atoms with E-state index in [9.17, 15) is 5.11 Å². The normalized spacial score (nSPS) is 11.9. The number of nitrogens with two attached hydrogens (primary N) is 1. The smallest absolute Gasteiger partial charge is 0.154 e. The number of hydrogen-bond donors (Lipinski definition) is 2. The number of aromatic hydroxyl groups is 1. The summed E-state index contributed by atoms with van der Waals surface area (Å²) >= 11 is 0. The fourth-order valence-corrected chi connectivity index (χ4v) is 3.13. The van der Waals surface area contributed by atoms with Gasteiger partial charge in [0.25, 0.3) is 0 Å². The molecule has 0 aliphatic heterocycles. The van der Waals surface area contributed by atoms with E-state index in [-0.39, 0.29) is 11.8 Å². The number of phenols is 1. The first-order valence-electron chi connectivity index (χ1n) is 9.11. The van der Waals surface area contributed by atoms with Crippen molar-refractivity contribution in [3.8, 4) is 28.1 Å². The predicted molar refractivity (Wildman–Crippen MR) is 113 cm³/mol. The lowest BCUT2D eigenvalue weighted by Crippen LogP contribution is -2.07. The lowest BCUT2D eigenvalue weighted by Gasteiger charge is -2.13. The number of nitrogen functional groups attached to an aromatic ring is 1. The highest BCUT2D eigenvalue weighted by molar-refractivity contribution is 5.78. The average molecular weight is 384 g/mol. The van der Waals surface area contributed by atoms with Crippen LogP contribution in [-0.2, 0) is 0 Å². The van der Waals surface area contributed by atoms with Crippen molar-refractivity contribution < 1.29 is 5.11 Å². The zero-order chi connectivity index (χ0) is 20.4. The summed E-state index contributed by atoms with van der Waals surface area (Å²) in [5.74, 6) is 0.437. The van der Waals surface area contributed by atoms with E-state index in [0.29, 0.717) is 22.6 Å². The minimum atomic E-state index is -0.000825. The Morgan fingerprint density at radius 2 is 1.97 bits per heavy atom. The number of aromatic nitrogens is 5. The molecule has 7 nitrogen and oxygen atoms in total. The third-order valence-electron chi connectivity index (χ3n) is 4.81. The van der Waals surface area contributed by atoms with Crippen LogP contribution in [0, 0.1) is 0 Å². The van der Waals surface area contributed by atoms with Crippen LogP contribution < -0.4 is 5.73 Å². The highest BCUT2D eigenvalue weighted by Crippen LogP contribution is 2.32. The summed E-state index contributed by atoms with van der Waals surface area (Å²) in [5.41, 5.74) is 10.6. The minimum absolute atomic E-state index is 0.000825. The van der Waals surface area contributed by atoms with Gasteiger partial charge < -0.3 is 10.8 Å². The summed E-state index contributed by atoms with van der Waals surface area (Å²) in [4.78, 5) is 4.24. The van der Waals surface area contributed by atoms with Gasteiger partial charge in [-0.1, -0.05) is 18.7 Å². The Bertz CT molecular complexity index is 1180. The summed E-state index contributed by atoms with van der Waals surface area (Å²) < 4.78 is 1.86. The molecule has 0 saturated heterocycles. The second-order valence-electron chi connectivity index (χ2n) is 6.65. The van der Waals surface area contributed by atoms with Crippen LogP contribution in [0.15, 0.2) is 67.6 Å². The van der Waals surface area contributed by atoms with Crippen LogP contribution in [0.2, 0.25) is 0 Å². The van der Waals surface area contributed by atoms with Crippen LogP contribution in [0.25, 0.3) is 28.5 Å². The first-order valence-corrected chi connectivity index (χ1v) is 9.11. The van der Waals surface area contributed by atoms with Gasteiger partial charge in [-0.25, -0.2) is 0 Å². The van der Waals surface area contributed by atoms with Crippen molar-refractivity contribution in [2.75, 3.05) is 5.73 Å². The minimum Gasteiger partial charge on any atom is -0.507 e. The fraction of sp³-hybridized carbons (Fsp3) is 0.0909. The van der Waals surface area contributed by atoms with E-state index < -0.39 is 0 Å². The number of para-hydroxylation sites is 1. The first-order chi connectivity index (χ1) is 14.1. The second kappa shape index (κ2) is 7.55. The molecule has 0 aliphatic rings. The number of rotatable bonds is 5. The quantitative estimate of drug-likeness (QED) is 0.540. The summed E-state index contributed by atoms with van der Waals surface area (Å²) in [6.45, 7) is 5.82. The van der Waals surface area contributed by atoms with E-state index in [1.807, 2.05) is 35.1 Å². The molecule has 7 heteroatoms. The van der Waals surface area contributed by atoms with Crippen LogP contribution in [0.3, 0.4) is 0 Å². The molecule has 1 aromatic carbocycles. The highest BCUT2D eigenvalue weighted by atomic mass is 16.3. The van der Waals surface area contributed by atoms with Gasteiger partial charge >= 0.3 is 0 Å². The van der Waals surface area contributed by atoms with E-state index >= 15 is 0 Å². The Balaban J connectivity index is 1.70. The SMILES string of the molecule is C=Cc1cc(C(C)n2cc(-c3cc(-c4ccccc4O)nnc3N)cn2)ccn1.